The summed E-state index contributed by atoms with van der Waals surface area (Å²) in [5.74, 6) is 0.288. The largest absolute Gasteiger partial charge is 0.493 e. The molecule has 0 aromatic heterocycles. The predicted octanol–water partition coefficient (Wildman–Crippen LogP) is 1.87. The van der Waals surface area contributed by atoms with Crippen molar-refractivity contribution < 1.29 is 9.53 Å². The van der Waals surface area contributed by atoms with Gasteiger partial charge in [-0.1, -0.05) is 24.6 Å². The molecule has 100 valence electrons. The van der Waals surface area contributed by atoms with Crippen molar-refractivity contribution in [3.05, 3.63) is 28.8 Å². The number of hydrogen-bond acceptors (Lipinski definition) is 3. The zero-order chi connectivity index (χ0) is 13.5. The molecule has 0 saturated carbocycles. The Bertz CT molecular complexity index is 410. The van der Waals surface area contributed by atoms with E-state index in [2.05, 4.69) is 0 Å². The lowest BCUT2D eigenvalue weighted by Crippen LogP contribution is -2.22. The third-order valence-corrected chi connectivity index (χ3v) is 3.03. The van der Waals surface area contributed by atoms with E-state index in [1.165, 1.54) is 0 Å². The van der Waals surface area contributed by atoms with E-state index in [4.69, 9.17) is 27.8 Å². The molecule has 0 bridgehead atoms. The van der Waals surface area contributed by atoms with Gasteiger partial charge < -0.3 is 16.2 Å². The number of benzene rings is 1. The second-order valence-corrected chi connectivity index (χ2v) is 4.56. The van der Waals surface area contributed by atoms with Crippen LogP contribution in [-0.2, 0) is 11.2 Å². The van der Waals surface area contributed by atoms with E-state index >= 15 is 0 Å². The summed E-state index contributed by atoms with van der Waals surface area (Å²) >= 11 is 6.14. The van der Waals surface area contributed by atoms with E-state index in [-0.39, 0.29) is 25.0 Å². The standard InChI is InChI=1S/C13H19ClN2O2/c1-2-9(15)8-10-11(14)4-3-5-12(10)18-7-6-13(16)17/h3-5,9H,2,6-8,15H2,1H3,(H2,16,17). The van der Waals surface area contributed by atoms with Gasteiger partial charge in [0, 0.05) is 16.6 Å². The number of carbonyl (C=O) groups excluding carboxylic acids is 1. The van der Waals surface area contributed by atoms with Gasteiger partial charge in [-0.25, -0.2) is 0 Å². The quantitative estimate of drug-likeness (QED) is 0.794. The lowest BCUT2D eigenvalue weighted by Gasteiger charge is -2.15. The highest BCUT2D eigenvalue weighted by Gasteiger charge is 2.12. The van der Waals surface area contributed by atoms with Gasteiger partial charge in [0.15, 0.2) is 0 Å². The molecule has 1 unspecified atom stereocenters. The number of carbonyl (C=O) groups is 1. The molecular weight excluding hydrogens is 252 g/mol. The van der Waals surface area contributed by atoms with Crippen LogP contribution >= 0.6 is 11.6 Å². The molecule has 0 saturated heterocycles. The first kappa shape index (κ1) is 14.8. The van der Waals surface area contributed by atoms with E-state index in [0.29, 0.717) is 17.2 Å². The molecule has 1 aromatic rings. The maximum absolute atomic E-state index is 10.7. The first-order valence-electron chi connectivity index (χ1n) is 5.98. The molecule has 1 aromatic carbocycles. The number of halogens is 1. The molecule has 0 spiro atoms. The SMILES string of the molecule is CCC(N)Cc1c(Cl)cccc1OCCC(N)=O. The van der Waals surface area contributed by atoms with Crippen LogP contribution in [0.25, 0.3) is 0 Å². The van der Waals surface area contributed by atoms with E-state index in [1.807, 2.05) is 19.1 Å². The lowest BCUT2D eigenvalue weighted by atomic mass is 10.0. The molecule has 0 aliphatic rings. The fourth-order valence-electron chi connectivity index (χ4n) is 1.54. The third-order valence-electron chi connectivity index (χ3n) is 2.67. The summed E-state index contributed by atoms with van der Waals surface area (Å²) in [6, 6.07) is 5.48. The van der Waals surface area contributed by atoms with Crippen LogP contribution in [0.5, 0.6) is 5.75 Å². The highest BCUT2D eigenvalue weighted by atomic mass is 35.5. The van der Waals surface area contributed by atoms with Gasteiger partial charge in [0.2, 0.25) is 5.91 Å². The van der Waals surface area contributed by atoms with Gasteiger partial charge >= 0.3 is 0 Å². The molecule has 1 amide bonds. The van der Waals surface area contributed by atoms with Crippen molar-refractivity contribution in [2.75, 3.05) is 6.61 Å². The first-order valence-corrected chi connectivity index (χ1v) is 6.36. The van der Waals surface area contributed by atoms with Crippen LogP contribution in [0.4, 0.5) is 0 Å². The van der Waals surface area contributed by atoms with Gasteiger partial charge in [-0.15, -0.1) is 0 Å². The van der Waals surface area contributed by atoms with E-state index in [1.54, 1.807) is 6.07 Å². The van der Waals surface area contributed by atoms with Crippen molar-refractivity contribution in [2.45, 2.75) is 32.2 Å². The normalized spacial score (nSPS) is 12.2. The lowest BCUT2D eigenvalue weighted by molar-refractivity contribution is -0.118. The van der Waals surface area contributed by atoms with Gasteiger partial charge in [0.05, 0.1) is 13.0 Å². The maximum atomic E-state index is 10.7. The Kier molecular flexibility index (Phi) is 5.95. The topological polar surface area (TPSA) is 78.3 Å². The number of rotatable bonds is 7. The van der Waals surface area contributed by atoms with E-state index < -0.39 is 0 Å². The van der Waals surface area contributed by atoms with Crippen molar-refractivity contribution in [1.29, 1.82) is 0 Å². The van der Waals surface area contributed by atoms with Crippen molar-refractivity contribution in [1.82, 2.24) is 0 Å². The average Bonchev–Trinajstić information content (AvgIpc) is 2.32. The van der Waals surface area contributed by atoms with Crippen LogP contribution in [0.3, 0.4) is 0 Å². The molecule has 0 aliphatic heterocycles. The van der Waals surface area contributed by atoms with Crippen LogP contribution < -0.4 is 16.2 Å². The fourth-order valence-corrected chi connectivity index (χ4v) is 1.78. The summed E-state index contributed by atoms with van der Waals surface area (Å²) < 4.78 is 5.53. The molecular formula is C13H19ClN2O2. The summed E-state index contributed by atoms with van der Waals surface area (Å²) in [6.07, 6.45) is 1.71. The molecule has 0 fully saturated rings. The molecule has 5 heteroatoms. The monoisotopic (exact) mass is 270 g/mol. The van der Waals surface area contributed by atoms with Crippen LogP contribution in [0.15, 0.2) is 18.2 Å². The highest BCUT2D eigenvalue weighted by Crippen LogP contribution is 2.28. The van der Waals surface area contributed by atoms with Crippen molar-refractivity contribution in [3.63, 3.8) is 0 Å². The Morgan fingerprint density at radius 2 is 2.22 bits per heavy atom. The predicted molar refractivity (Wildman–Crippen MR) is 72.7 cm³/mol. The van der Waals surface area contributed by atoms with Crippen LogP contribution in [0.1, 0.15) is 25.3 Å². The molecule has 4 nitrogen and oxygen atoms in total. The fraction of sp³-hybridized carbons (Fsp3) is 0.462. The Morgan fingerprint density at radius 1 is 1.50 bits per heavy atom. The van der Waals surface area contributed by atoms with Gasteiger partial charge in [-0.2, -0.15) is 0 Å². The number of amides is 1. The van der Waals surface area contributed by atoms with Crippen molar-refractivity contribution >= 4 is 17.5 Å². The van der Waals surface area contributed by atoms with Crippen LogP contribution in [0, 0.1) is 0 Å². The minimum atomic E-state index is -0.385. The molecule has 0 radical (unpaired) electrons. The number of nitrogens with two attached hydrogens (primary N) is 2. The van der Waals surface area contributed by atoms with Gasteiger partial charge in [-0.05, 0) is 25.0 Å². The molecule has 18 heavy (non-hydrogen) atoms. The van der Waals surface area contributed by atoms with E-state index in [0.717, 1.165) is 12.0 Å². The summed E-state index contributed by atoms with van der Waals surface area (Å²) in [6.45, 7) is 2.28. The van der Waals surface area contributed by atoms with Gasteiger partial charge in [-0.3, -0.25) is 4.79 Å². The number of ether oxygens (including phenoxy) is 1. The molecule has 0 heterocycles. The van der Waals surface area contributed by atoms with Crippen LogP contribution in [0.2, 0.25) is 5.02 Å². The number of primary amides is 1. The van der Waals surface area contributed by atoms with Crippen molar-refractivity contribution in [2.24, 2.45) is 11.5 Å². The minimum Gasteiger partial charge on any atom is -0.493 e. The van der Waals surface area contributed by atoms with Crippen molar-refractivity contribution in [3.8, 4) is 5.75 Å². The minimum absolute atomic E-state index is 0.0448. The van der Waals surface area contributed by atoms with Gasteiger partial charge in [0.1, 0.15) is 5.75 Å². The zero-order valence-electron chi connectivity index (χ0n) is 10.5. The third kappa shape index (κ3) is 4.55. The maximum Gasteiger partial charge on any atom is 0.220 e. The molecule has 1 rings (SSSR count). The second-order valence-electron chi connectivity index (χ2n) is 4.15. The molecule has 1 atom stereocenters. The van der Waals surface area contributed by atoms with Crippen LogP contribution in [-0.4, -0.2) is 18.6 Å². The smallest absolute Gasteiger partial charge is 0.220 e. The number of hydrogen-bond donors (Lipinski definition) is 2. The summed E-state index contributed by atoms with van der Waals surface area (Å²) in [5, 5.41) is 0.635. The Balaban J connectivity index is 2.76. The van der Waals surface area contributed by atoms with Gasteiger partial charge in [0.25, 0.3) is 0 Å². The first-order chi connectivity index (χ1) is 8.54. The Hall–Kier alpha value is -1.26. The Morgan fingerprint density at radius 3 is 2.83 bits per heavy atom. The van der Waals surface area contributed by atoms with E-state index in [9.17, 15) is 4.79 Å². The summed E-state index contributed by atoms with van der Waals surface area (Å²) in [7, 11) is 0. The highest BCUT2D eigenvalue weighted by molar-refractivity contribution is 6.31. The molecule has 0 aliphatic carbocycles. The summed E-state index contributed by atoms with van der Waals surface area (Å²) in [4.78, 5) is 10.7. The summed E-state index contributed by atoms with van der Waals surface area (Å²) in [5.41, 5.74) is 11.9. The Labute approximate surface area is 112 Å². The zero-order valence-corrected chi connectivity index (χ0v) is 11.2. The second kappa shape index (κ2) is 7.24. The average molecular weight is 271 g/mol. The molecule has 4 N–H and O–H groups in total.